The largest absolute Gasteiger partial charge is 0.481 e. The Bertz CT molecular complexity index is 385. The van der Waals surface area contributed by atoms with Gasteiger partial charge in [0.15, 0.2) is 0 Å². The highest BCUT2D eigenvalue weighted by molar-refractivity contribution is 5.81. The van der Waals surface area contributed by atoms with Crippen LogP contribution in [0.2, 0.25) is 0 Å². The first-order valence-electron chi connectivity index (χ1n) is 7.41. The maximum atomic E-state index is 12.5. The standard InChI is InChI=1S/C14H22N2O3/c17-13(10-3-4-11(8-10)14(18)19)16-7-6-15-5-1-2-12(15)9-16/h10-12H,1-9H2,(H,18,19)/t10-,11+,12?/m1/s1. The zero-order valence-electron chi connectivity index (χ0n) is 11.3. The minimum Gasteiger partial charge on any atom is -0.481 e. The van der Waals surface area contributed by atoms with E-state index >= 15 is 0 Å². The molecule has 0 aromatic heterocycles. The van der Waals surface area contributed by atoms with Crippen LogP contribution < -0.4 is 0 Å². The summed E-state index contributed by atoms with van der Waals surface area (Å²) in [4.78, 5) is 27.9. The van der Waals surface area contributed by atoms with Gasteiger partial charge < -0.3 is 10.0 Å². The minimum absolute atomic E-state index is 0.0472. The summed E-state index contributed by atoms with van der Waals surface area (Å²) < 4.78 is 0. The highest BCUT2D eigenvalue weighted by Gasteiger charge is 2.39. The summed E-state index contributed by atoms with van der Waals surface area (Å²) in [5, 5.41) is 9.01. The van der Waals surface area contributed by atoms with Gasteiger partial charge in [-0.25, -0.2) is 0 Å². The second kappa shape index (κ2) is 5.12. The molecule has 0 radical (unpaired) electrons. The van der Waals surface area contributed by atoms with E-state index < -0.39 is 5.97 Å². The lowest BCUT2D eigenvalue weighted by molar-refractivity contribution is -0.142. The highest BCUT2D eigenvalue weighted by atomic mass is 16.4. The van der Waals surface area contributed by atoms with Crippen LogP contribution in [-0.4, -0.2) is 59.0 Å². The molecule has 3 aliphatic rings. The molecule has 3 atom stereocenters. The van der Waals surface area contributed by atoms with Crippen molar-refractivity contribution in [2.75, 3.05) is 26.2 Å². The summed E-state index contributed by atoms with van der Waals surface area (Å²) in [6.45, 7) is 3.85. The van der Waals surface area contributed by atoms with Crippen molar-refractivity contribution in [2.45, 2.75) is 38.1 Å². The number of carboxylic acids is 1. The van der Waals surface area contributed by atoms with Crippen molar-refractivity contribution in [1.82, 2.24) is 9.80 Å². The van der Waals surface area contributed by atoms with Crippen molar-refractivity contribution in [3.63, 3.8) is 0 Å². The SMILES string of the molecule is O=C(O)[C@H]1CC[C@@H](C(=O)N2CCN3CCCC3C2)C1. The fourth-order valence-electron chi connectivity index (χ4n) is 3.88. The molecule has 3 fully saturated rings. The third kappa shape index (κ3) is 2.48. The fourth-order valence-corrected chi connectivity index (χ4v) is 3.88. The first-order valence-corrected chi connectivity index (χ1v) is 7.41. The van der Waals surface area contributed by atoms with Gasteiger partial charge >= 0.3 is 5.97 Å². The minimum atomic E-state index is -0.740. The van der Waals surface area contributed by atoms with Gasteiger partial charge in [0.2, 0.25) is 5.91 Å². The number of aliphatic carboxylic acids is 1. The Hall–Kier alpha value is -1.10. The molecule has 0 bridgehead atoms. The van der Waals surface area contributed by atoms with Crippen molar-refractivity contribution in [1.29, 1.82) is 0 Å². The Morgan fingerprint density at radius 2 is 1.79 bits per heavy atom. The van der Waals surface area contributed by atoms with Crippen LogP contribution in [0.3, 0.4) is 0 Å². The molecule has 1 aliphatic carbocycles. The third-order valence-corrected chi connectivity index (χ3v) is 5.03. The van der Waals surface area contributed by atoms with Gasteiger partial charge in [-0.2, -0.15) is 0 Å². The van der Waals surface area contributed by atoms with Gasteiger partial charge in [-0.15, -0.1) is 0 Å². The lowest BCUT2D eigenvalue weighted by Crippen LogP contribution is -2.53. The molecule has 0 aromatic carbocycles. The molecule has 0 aromatic rings. The van der Waals surface area contributed by atoms with E-state index in [4.69, 9.17) is 5.11 Å². The van der Waals surface area contributed by atoms with E-state index in [9.17, 15) is 9.59 Å². The molecular weight excluding hydrogens is 244 g/mol. The molecule has 1 unspecified atom stereocenters. The van der Waals surface area contributed by atoms with Crippen molar-refractivity contribution >= 4 is 11.9 Å². The van der Waals surface area contributed by atoms with Crippen LogP contribution in [0.4, 0.5) is 0 Å². The van der Waals surface area contributed by atoms with E-state index in [-0.39, 0.29) is 17.7 Å². The zero-order chi connectivity index (χ0) is 13.4. The number of carbonyl (C=O) groups excluding carboxylic acids is 1. The zero-order valence-corrected chi connectivity index (χ0v) is 11.3. The summed E-state index contributed by atoms with van der Waals surface area (Å²) in [5.74, 6) is -0.887. The van der Waals surface area contributed by atoms with Crippen molar-refractivity contribution in [3.05, 3.63) is 0 Å². The number of rotatable bonds is 2. The van der Waals surface area contributed by atoms with Gasteiger partial charge in [0.05, 0.1) is 5.92 Å². The van der Waals surface area contributed by atoms with Crippen molar-refractivity contribution < 1.29 is 14.7 Å². The van der Waals surface area contributed by atoms with Gasteiger partial charge in [0.25, 0.3) is 0 Å². The first-order chi connectivity index (χ1) is 9.15. The molecule has 3 rings (SSSR count). The summed E-state index contributed by atoms with van der Waals surface area (Å²) in [6.07, 6.45) is 4.40. The number of nitrogens with zero attached hydrogens (tertiary/aromatic N) is 2. The van der Waals surface area contributed by atoms with Gasteiger partial charge in [-0.05, 0) is 38.6 Å². The normalized spacial score (nSPS) is 35.4. The van der Waals surface area contributed by atoms with Crippen LogP contribution in [0.25, 0.3) is 0 Å². The maximum Gasteiger partial charge on any atom is 0.306 e. The van der Waals surface area contributed by atoms with Crippen LogP contribution in [0, 0.1) is 11.8 Å². The number of fused-ring (bicyclic) bond motifs is 1. The van der Waals surface area contributed by atoms with Gasteiger partial charge in [-0.3, -0.25) is 14.5 Å². The molecule has 5 nitrogen and oxygen atoms in total. The molecule has 19 heavy (non-hydrogen) atoms. The molecule has 5 heteroatoms. The van der Waals surface area contributed by atoms with E-state index in [1.54, 1.807) is 0 Å². The lowest BCUT2D eigenvalue weighted by atomic mass is 10.0. The van der Waals surface area contributed by atoms with Crippen molar-refractivity contribution in [2.24, 2.45) is 11.8 Å². The summed E-state index contributed by atoms with van der Waals surface area (Å²) >= 11 is 0. The molecule has 106 valence electrons. The third-order valence-electron chi connectivity index (χ3n) is 5.03. The summed E-state index contributed by atoms with van der Waals surface area (Å²) in [5.41, 5.74) is 0. The molecular formula is C14H22N2O3. The van der Waals surface area contributed by atoms with Gasteiger partial charge in [-0.1, -0.05) is 0 Å². The molecule has 2 saturated heterocycles. The Kier molecular flexibility index (Phi) is 3.48. The molecule has 0 spiro atoms. The van der Waals surface area contributed by atoms with E-state index in [2.05, 4.69) is 4.90 Å². The number of hydrogen-bond acceptors (Lipinski definition) is 3. The second-order valence-corrected chi connectivity index (χ2v) is 6.16. The Balaban J connectivity index is 1.57. The molecule has 1 N–H and O–H groups in total. The van der Waals surface area contributed by atoms with Gasteiger partial charge in [0, 0.05) is 31.6 Å². The van der Waals surface area contributed by atoms with Crippen LogP contribution in [0.5, 0.6) is 0 Å². The Morgan fingerprint density at radius 3 is 2.53 bits per heavy atom. The van der Waals surface area contributed by atoms with Crippen LogP contribution in [-0.2, 0) is 9.59 Å². The second-order valence-electron chi connectivity index (χ2n) is 6.16. The molecule has 2 aliphatic heterocycles. The smallest absolute Gasteiger partial charge is 0.306 e. The fraction of sp³-hybridized carbons (Fsp3) is 0.857. The molecule has 1 saturated carbocycles. The Labute approximate surface area is 113 Å². The average Bonchev–Trinajstić information content (AvgIpc) is 3.06. The van der Waals surface area contributed by atoms with Crippen LogP contribution in [0.15, 0.2) is 0 Å². The monoisotopic (exact) mass is 266 g/mol. The van der Waals surface area contributed by atoms with Crippen molar-refractivity contribution in [3.8, 4) is 0 Å². The highest BCUT2D eigenvalue weighted by Crippen LogP contribution is 2.33. The van der Waals surface area contributed by atoms with E-state index in [1.165, 1.54) is 19.4 Å². The summed E-state index contributed by atoms with van der Waals surface area (Å²) in [7, 11) is 0. The Morgan fingerprint density at radius 1 is 1.00 bits per heavy atom. The predicted molar refractivity (Wildman–Crippen MR) is 69.6 cm³/mol. The predicted octanol–water partition coefficient (Wildman–Crippen LogP) is 0.794. The number of carbonyl (C=O) groups is 2. The van der Waals surface area contributed by atoms with Crippen LogP contribution in [0.1, 0.15) is 32.1 Å². The van der Waals surface area contributed by atoms with Crippen LogP contribution >= 0.6 is 0 Å². The van der Waals surface area contributed by atoms with E-state index in [0.29, 0.717) is 18.9 Å². The quantitative estimate of drug-likeness (QED) is 0.803. The first kappa shape index (κ1) is 12.9. The lowest BCUT2D eigenvalue weighted by Gasteiger charge is -2.38. The number of amides is 1. The summed E-state index contributed by atoms with van der Waals surface area (Å²) in [6, 6.07) is 0.550. The average molecular weight is 266 g/mol. The topological polar surface area (TPSA) is 60.9 Å². The number of carboxylic acid groups (broad SMARTS) is 1. The number of piperazine rings is 1. The van der Waals surface area contributed by atoms with E-state index in [0.717, 1.165) is 26.1 Å². The number of hydrogen-bond donors (Lipinski definition) is 1. The van der Waals surface area contributed by atoms with Gasteiger partial charge in [0.1, 0.15) is 0 Å². The maximum absolute atomic E-state index is 12.5. The van der Waals surface area contributed by atoms with E-state index in [1.807, 2.05) is 4.90 Å². The molecule has 1 amide bonds. The molecule has 2 heterocycles.